The van der Waals surface area contributed by atoms with E-state index < -0.39 is 10.8 Å². The van der Waals surface area contributed by atoms with Crippen LogP contribution in [0.15, 0.2) is 30.3 Å². The Bertz CT molecular complexity index is 464. The van der Waals surface area contributed by atoms with Crippen molar-refractivity contribution < 1.29 is 9.00 Å². The molecule has 1 N–H and O–H groups in total. The van der Waals surface area contributed by atoms with Crippen LogP contribution >= 0.6 is 0 Å². The van der Waals surface area contributed by atoms with Gasteiger partial charge in [0.05, 0.1) is 12.7 Å². The number of benzene rings is 1. The first-order chi connectivity index (χ1) is 9.70. The van der Waals surface area contributed by atoms with Crippen LogP contribution in [0.3, 0.4) is 0 Å². The fraction of sp³-hybridized carbons (Fsp3) is 0.533. The molecule has 5 heteroatoms. The van der Waals surface area contributed by atoms with Crippen molar-refractivity contribution in [3.8, 4) is 0 Å². The summed E-state index contributed by atoms with van der Waals surface area (Å²) in [6.07, 6.45) is 1.72. The van der Waals surface area contributed by atoms with Gasteiger partial charge in [-0.1, -0.05) is 37.3 Å². The van der Waals surface area contributed by atoms with E-state index in [0.717, 1.165) is 12.8 Å². The summed E-state index contributed by atoms with van der Waals surface area (Å²) in [5, 5.41) is 3.25. The predicted octanol–water partition coefficient (Wildman–Crippen LogP) is 1.15. The Hall–Kier alpha value is -1.20. The molecule has 2 rings (SSSR count). The summed E-state index contributed by atoms with van der Waals surface area (Å²) in [5.74, 6) is 1.39. The van der Waals surface area contributed by atoms with E-state index >= 15 is 0 Å². The van der Waals surface area contributed by atoms with Crippen molar-refractivity contribution in [3.05, 3.63) is 35.9 Å². The zero-order valence-electron chi connectivity index (χ0n) is 11.9. The molecule has 1 aliphatic rings. The van der Waals surface area contributed by atoms with Crippen LogP contribution in [0.1, 0.15) is 18.9 Å². The van der Waals surface area contributed by atoms with Crippen molar-refractivity contribution in [1.82, 2.24) is 10.2 Å². The van der Waals surface area contributed by atoms with E-state index in [1.165, 1.54) is 5.56 Å². The molecule has 1 fully saturated rings. The van der Waals surface area contributed by atoms with Crippen LogP contribution in [0.25, 0.3) is 0 Å². The van der Waals surface area contributed by atoms with E-state index in [1.807, 2.05) is 25.1 Å². The van der Waals surface area contributed by atoms with Crippen molar-refractivity contribution in [2.75, 3.05) is 24.7 Å². The van der Waals surface area contributed by atoms with Crippen LogP contribution in [-0.2, 0) is 22.0 Å². The average molecular weight is 294 g/mol. The van der Waals surface area contributed by atoms with E-state index in [1.54, 1.807) is 4.90 Å². The Morgan fingerprint density at radius 2 is 2.10 bits per heavy atom. The average Bonchev–Trinajstić information content (AvgIpc) is 2.84. The SMILES string of the molecule is CCS(=O)CCN1CNC(CCc2ccccc2)C1=O. The lowest BCUT2D eigenvalue weighted by Gasteiger charge is -2.14. The third-order valence-electron chi connectivity index (χ3n) is 3.61. The minimum atomic E-state index is -0.804. The zero-order valence-corrected chi connectivity index (χ0v) is 12.7. The van der Waals surface area contributed by atoms with Crippen molar-refractivity contribution in [2.24, 2.45) is 0 Å². The normalized spacial score (nSPS) is 20.4. The first-order valence-electron chi connectivity index (χ1n) is 7.11. The number of hydrogen-bond acceptors (Lipinski definition) is 3. The van der Waals surface area contributed by atoms with Gasteiger partial charge in [-0.25, -0.2) is 0 Å². The van der Waals surface area contributed by atoms with Crippen molar-refractivity contribution in [3.63, 3.8) is 0 Å². The fourth-order valence-electron chi connectivity index (χ4n) is 2.33. The Morgan fingerprint density at radius 3 is 2.80 bits per heavy atom. The highest BCUT2D eigenvalue weighted by molar-refractivity contribution is 7.84. The van der Waals surface area contributed by atoms with Crippen LogP contribution in [0.4, 0.5) is 0 Å². The highest BCUT2D eigenvalue weighted by Crippen LogP contribution is 2.11. The monoisotopic (exact) mass is 294 g/mol. The molecule has 0 spiro atoms. The van der Waals surface area contributed by atoms with Crippen LogP contribution < -0.4 is 5.32 Å². The molecule has 1 aromatic carbocycles. The van der Waals surface area contributed by atoms with Gasteiger partial charge in [-0.05, 0) is 18.4 Å². The molecular formula is C15H22N2O2S. The molecule has 1 heterocycles. The number of carbonyl (C=O) groups excluding carboxylic acids is 1. The van der Waals surface area contributed by atoms with Crippen LogP contribution in [0, 0.1) is 0 Å². The van der Waals surface area contributed by atoms with Crippen molar-refractivity contribution in [1.29, 1.82) is 0 Å². The Balaban J connectivity index is 1.77. The van der Waals surface area contributed by atoms with E-state index in [-0.39, 0.29) is 11.9 Å². The molecule has 0 radical (unpaired) electrons. The van der Waals surface area contributed by atoms with Gasteiger partial charge >= 0.3 is 0 Å². The fourth-order valence-corrected chi connectivity index (χ4v) is 3.05. The molecule has 1 aromatic rings. The highest BCUT2D eigenvalue weighted by Gasteiger charge is 2.30. The van der Waals surface area contributed by atoms with Gasteiger partial charge < -0.3 is 4.90 Å². The van der Waals surface area contributed by atoms with E-state index in [2.05, 4.69) is 17.4 Å². The molecule has 1 amide bonds. The third kappa shape index (κ3) is 4.15. The molecule has 1 aliphatic heterocycles. The van der Waals surface area contributed by atoms with E-state index in [9.17, 15) is 9.00 Å². The second kappa shape index (κ2) is 7.55. The number of nitrogens with zero attached hydrogens (tertiary/aromatic N) is 1. The minimum absolute atomic E-state index is 0.0923. The number of hydrogen-bond donors (Lipinski definition) is 1. The molecule has 4 nitrogen and oxygen atoms in total. The Morgan fingerprint density at radius 1 is 1.35 bits per heavy atom. The van der Waals surface area contributed by atoms with Crippen LogP contribution in [-0.4, -0.2) is 45.8 Å². The molecular weight excluding hydrogens is 272 g/mol. The molecule has 110 valence electrons. The standard InChI is InChI=1S/C15H22N2O2S/c1-2-20(19)11-10-17-12-16-14(15(17)18)9-8-13-6-4-3-5-7-13/h3-7,14,16H,2,8-12H2,1H3. The second-order valence-electron chi connectivity index (χ2n) is 4.97. The number of nitrogens with one attached hydrogen (secondary N) is 1. The van der Waals surface area contributed by atoms with Gasteiger partial charge in [-0.2, -0.15) is 0 Å². The summed E-state index contributed by atoms with van der Waals surface area (Å²) in [4.78, 5) is 14.0. The molecule has 2 unspecified atom stereocenters. The Labute approximate surface area is 123 Å². The second-order valence-corrected chi connectivity index (χ2v) is 6.84. The lowest BCUT2D eigenvalue weighted by Crippen LogP contribution is -2.33. The summed E-state index contributed by atoms with van der Waals surface area (Å²) in [5.41, 5.74) is 1.26. The topological polar surface area (TPSA) is 49.4 Å². The maximum Gasteiger partial charge on any atom is 0.240 e. The molecule has 0 bridgehead atoms. The third-order valence-corrected chi connectivity index (χ3v) is 4.90. The maximum absolute atomic E-state index is 12.2. The molecule has 0 aromatic heterocycles. The van der Waals surface area contributed by atoms with Gasteiger partial charge in [0.1, 0.15) is 0 Å². The van der Waals surface area contributed by atoms with Crippen LogP contribution in [0.2, 0.25) is 0 Å². The first kappa shape index (κ1) is 15.2. The smallest absolute Gasteiger partial charge is 0.240 e. The lowest BCUT2D eigenvalue weighted by molar-refractivity contribution is -0.128. The van der Waals surface area contributed by atoms with Gasteiger partial charge in [0.15, 0.2) is 0 Å². The molecule has 0 aliphatic carbocycles. The van der Waals surface area contributed by atoms with Gasteiger partial charge in [0, 0.05) is 28.9 Å². The lowest BCUT2D eigenvalue weighted by atomic mass is 10.1. The molecule has 1 saturated heterocycles. The molecule has 0 saturated carbocycles. The summed E-state index contributed by atoms with van der Waals surface area (Å²) in [6.45, 7) is 3.08. The summed E-state index contributed by atoms with van der Waals surface area (Å²) in [7, 11) is -0.804. The maximum atomic E-state index is 12.2. The predicted molar refractivity (Wildman–Crippen MR) is 81.8 cm³/mol. The van der Waals surface area contributed by atoms with Crippen molar-refractivity contribution >= 4 is 16.7 Å². The van der Waals surface area contributed by atoms with Gasteiger partial charge in [0.25, 0.3) is 0 Å². The number of amides is 1. The zero-order chi connectivity index (χ0) is 14.4. The van der Waals surface area contributed by atoms with E-state index in [0.29, 0.717) is 24.7 Å². The van der Waals surface area contributed by atoms with Gasteiger partial charge in [-0.15, -0.1) is 0 Å². The van der Waals surface area contributed by atoms with Crippen molar-refractivity contribution in [2.45, 2.75) is 25.8 Å². The molecule has 20 heavy (non-hydrogen) atoms. The number of carbonyl (C=O) groups is 1. The first-order valence-corrected chi connectivity index (χ1v) is 8.60. The Kier molecular flexibility index (Phi) is 5.73. The van der Waals surface area contributed by atoms with Gasteiger partial charge in [-0.3, -0.25) is 14.3 Å². The number of rotatable bonds is 7. The molecule has 2 atom stereocenters. The van der Waals surface area contributed by atoms with Gasteiger partial charge in [0.2, 0.25) is 5.91 Å². The number of aryl methyl sites for hydroxylation is 1. The summed E-state index contributed by atoms with van der Waals surface area (Å²) >= 11 is 0. The van der Waals surface area contributed by atoms with Crippen LogP contribution in [0.5, 0.6) is 0 Å². The van der Waals surface area contributed by atoms with E-state index in [4.69, 9.17) is 0 Å². The highest BCUT2D eigenvalue weighted by atomic mass is 32.2. The largest absolute Gasteiger partial charge is 0.328 e. The quantitative estimate of drug-likeness (QED) is 0.820. The summed E-state index contributed by atoms with van der Waals surface area (Å²) < 4.78 is 11.4. The minimum Gasteiger partial charge on any atom is -0.328 e. The summed E-state index contributed by atoms with van der Waals surface area (Å²) in [6, 6.07) is 10.1.